The lowest BCUT2D eigenvalue weighted by Crippen LogP contribution is -2.14. The van der Waals surface area contributed by atoms with Crippen molar-refractivity contribution in [1.82, 2.24) is 25.2 Å². The Balaban J connectivity index is 1.38. The van der Waals surface area contributed by atoms with E-state index in [1.165, 1.54) is 34.2 Å². The maximum atomic E-state index is 12.4. The normalized spacial score (nSPS) is 10.8. The Morgan fingerprint density at radius 3 is 2.76 bits per heavy atom. The van der Waals surface area contributed by atoms with E-state index < -0.39 is 0 Å². The van der Waals surface area contributed by atoms with Crippen LogP contribution in [0, 0.1) is 13.8 Å². The first kappa shape index (κ1) is 19.3. The van der Waals surface area contributed by atoms with E-state index >= 15 is 0 Å². The number of aromatic nitrogens is 5. The molecule has 1 N–H and O–H groups in total. The van der Waals surface area contributed by atoms with Gasteiger partial charge in [-0.3, -0.25) is 4.79 Å². The molecule has 146 valence electrons. The molecule has 0 fully saturated rings. The molecular formula is C20H18N6OS2. The molecule has 2 aromatic carbocycles. The number of amides is 1. The van der Waals surface area contributed by atoms with E-state index in [0.717, 1.165) is 16.9 Å². The van der Waals surface area contributed by atoms with Crippen LogP contribution in [0.4, 0.5) is 5.13 Å². The molecule has 0 unspecified atom stereocenters. The van der Waals surface area contributed by atoms with Gasteiger partial charge in [-0.25, -0.2) is 4.98 Å². The zero-order valence-corrected chi connectivity index (χ0v) is 17.5. The molecule has 29 heavy (non-hydrogen) atoms. The fourth-order valence-electron chi connectivity index (χ4n) is 2.65. The molecule has 7 nitrogen and oxygen atoms in total. The molecule has 2 aromatic heterocycles. The van der Waals surface area contributed by atoms with Gasteiger partial charge < -0.3 is 5.32 Å². The molecule has 4 rings (SSSR count). The van der Waals surface area contributed by atoms with Gasteiger partial charge in [-0.2, -0.15) is 4.68 Å². The fraction of sp³-hybridized carbons (Fsp3) is 0.150. The monoisotopic (exact) mass is 422 g/mol. The average molecular weight is 423 g/mol. The number of anilines is 1. The first-order chi connectivity index (χ1) is 14.1. The smallest absolute Gasteiger partial charge is 0.236 e. The highest BCUT2D eigenvalue weighted by Gasteiger charge is 2.13. The maximum absolute atomic E-state index is 12.4. The number of tetrazole rings is 1. The Morgan fingerprint density at radius 1 is 1.14 bits per heavy atom. The number of benzene rings is 2. The molecule has 2 heterocycles. The molecule has 0 bridgehead atoms. The maximum Gasteiger partial charge on any atom is 0.236 e. The minimum absolute atomic E-state index is 0.154. The molecule has 1 amide bonds. The van der Waals surface area contributed by atoms with E-state index in [4.69, 9.17) is 0 Å². The Labute approximate surface area is 176 Å². The van der Waals surface area contributed by atoms with Crippen molar-refractivity contribution in [2.24, 2.45) is 0 Å². The van der Waals surface area contributed by atoms with Crippen molar-refractivity contribution < 1.29 is 4.79 Å². The number of hydrogen-bond acceptors (Lipinski definition) is 7. The highest BCUT2D eigenvalue weighted by atomic mass is 32.2. The van der Waals surface area contributed by atoms with Gasteiger partial charge in [0.2, 0.25) is 11.1 Å². The van der Waals surface area contributed by atoms with Crippen molar-refractivity contribution in [2.75, 3.05) is 11.1 Å². The highest BCUT2D eigenvalue weighted by Crippen LogP contribution is 2.27. The van der Waals surface area contributed by atoms with Crippen molar-refractivity contribution in [3.05, 3.63) is 65.0 Å². The first-order valence-corrected chi connectivity index (χ1v) is 10.8. The van der Waals surface area contributed by atoms with E-state index in [-0.39, 0.29) is 11.7 Å². The van der Waals surface area contributed by atoms with Gasteiger partial charge in [0, 0.05) is 10.9 Å². The molecule has 0 aliphatic carbocycles. The van der Waals surface area contributed by atoms with Crippen molar-refractivity contribution in [3.63, 3.8) is 0 Å². The Kier molecular flexibility index (Phi) is 5.68. The Hall–Kier alpha value is -3.04. The van der Waals surface area contributed by atoms with Crippen LogP contribution in [0.2, 0.25) is 0 Å². The second kappa shape index (κ2) is 8.54. The van der Waals surface area contributed by atoms with Crippen molar-refractivity contribution in [2.45, 2.75) is 19.0 Å². The lowest BCUT2D eigenvalue weighted by atomic mass is 10.1. The number of thiazole rings is 1. The third-order valence-corrected chi connectivity index (χ3v) is 6.00. The van der Waals surface area contributed by atoms with E-state index in [0.29, 0.717) is 10.3 Å². The van der Waals surface area contributed by atoms with Crippen LogP contribution in [0.5, 0.6) is 0 Å². The van der Waals surface area contributed by atoms with Crippen LogP contribution in [-0.4, -0.2) is 36.9 Å². The van der Waals surface area contributed by atoms with E-state index in [2.05, 4.69) is 51.8 Å². The standard InChI is InChI=1S/C20H18N6OS2/c1-13-8-9-15(10-14(13)2)17-11-28-19(21-17)22-18(27)12-29-20-23-24-25-26(20)16-6-4-3-5-7-16/h3-11H,12H2,1-2H3,(H,21,22,27). The summed E-state index contributed by atoms with van der Waals surface area (Å²) in [7, 11) is 0. The Morgan fingerprint density at radius 2 is 1.97 bits per heavy atom. The van der Waals surface area contributed by atoms with Crippen molar-refractivity contribution in [3.8, 4) is 16.9 Å². The van der Waals surface area contributed by atoms with Crippen LogP contribution in [0.25, 0.3) is 16.9 Å². The number of nitrogens with one attached hydrogen (secondary N) is 1. The van der Waals surface area contributed by atoms with Gasteiger partial charge in [0.25, 0.3) is 0 Å². The third kappa shape index (κ3) is 4.52. The summed E-state index contributed by atoms with van der Waals surface area (Å²) >= 11 is 2.68. The van der Waals surface area contributed by atoms with Gasteiger partial charge in [-0.15, -0.1) is 16.4 Å². The van der Waals surface area contributed by atoms with E-state index in [9.17, 15) is 4.79 Å². The number of thioether (sulfide) groups is 1. The third-order valence-electron chi connectivity index (χ3n) is 4.33. The number of carbonyl (C=O) groups is 1. The van der Waals surface area contributed by atoms with Crippen LogP contribution in [-0.2, 0) is 4.79 Å². The summed E-state index contributed by atoms with van der Waals surface area (Å²) in [4.78, 5) is 16.9. The van der Waals surface area contributed by atoms with Crippen LogP contribution in [0.1, 0.15) is 11.1 Å². The quantitative estimate of drug-likeness (QED) is 0.470. The zero-order chi connectivity index (χ0) is 20.2. The molecule has 0 radical (unpaired) electrons. The minimum Gasteiger partial charge on any atom is -0.301 e. The summed E-state index contributed by atoms with van der Waals surface area (Å²) in [6.45, 7) is 4.16. The topological polar surface area (TPSA) is 85.6 Å². The first-order valence-electron chi connectivity index (χ1n) is 8.90. The molecule has 0 saturated carbocycles. The second-order valence-electron chi connectivity index (χ2n) is 6.38. The lowest BCUT2D eigenvalue weighted by Gasteiger charge is -2.04. The predicted octanol–water partition coefficient (Wildman–Crippen LogP) is 4.13. The van der Waals surface area contributed by atoms with Crippen molar-refractivity contribution in [1.29, 1.82) is 0 Å². The summed E-state index contributed by atoms with van der Waals surface area (Å²) in [5, 5.41) is 17.6. The summed E-state index contributed by atoms with van der Waals surface area (Å²) in [5.41, 5.74) is 5.20. The zero-order valence-electron chi connectivity index (χ0n) is 15.9. The van der Waals surface area contributed by atoms with Gasteiger partial charge in [-0.05, 0) is 53.6 Å². The van der Waals surface area contributed by atoms with Crippen LogP contribution in [0.3, 0.4) is 0 Å². The van der Waals surface area contributed by atoms with Gasteiger partial charge in [0.05, 0.1) is 17.1 Å². The average Bonchev–Trinajstić information content (AvgIpc) is 3.39. The fourth-order valence-corrected chi connectivity index (χ4v) is 4.08. The van der Waals surface area contributed by atoms with E-state index in [1.54, 1.807) is 4.68 Å². The van der Waals surface area contributed by atoms with Gasteiger partial charge in [-0.1, -0.05) is 42.1 Å². The molecule has 9 heteroatoms. The van der Waals surface area contributed by atoms with Gasteiger partial charge in [0.15, 0.2) is 5.13 Å². The van der Waals surface area contributed by atoms with Crippen LogP contribution >= 0.6 is 23.1 Å². The summed E-state index contributed by atoms with van der Waals surface area (Å²) < 4.78 is 1.61. The van der Waals surface area contributed by atoms with Crippen molar-refractivity contribution >= 4 is 34.1 Å². The SMILES string of the molecule is Cc1ccc(-c2csc(NC(=O)CSc3nnnn3-c3ccccc3)n2)cc1C. The van der Waals surface area contributed by atoms with Crippen LogP contribution in [0.15, 0.2) is 59.1 Å². The number of nitrogens with zero attached hydrogens (tertiary/aromatic N) is 5. The predicted molar refractivity (Wildman–Crippen MR) is 116 cm³/mol. The number of hydrogen-bond donors (Lipinski definition) is 1. The van der Waals surface area contributed by atoms with Gasteiger partial charge >= 0.3 is 0 Å². The summed E-state index contributed by atoms with van der Waals surface area (Å²) in [6, 6.07) is 15.8. The largest absolute Gasteiger partial charge is 0.301 e. The molecular weight excluding hydrogens is 404 g/mol. The molecule has 0 aliphatic rings. The van der Waals surface area contributed by atoms with Crippen LogP contribution < -0.4 is 5.32 Å². The summed E-state index contributed by atoms with van der Waals surface area (Å²) in [5.74, 6) is 0.0322. The molecule has 0 spiro atoms. The molecule has 0 atom stereocenters. The highest BCUT2D eigenvalue weighted by molar-refractivity contribution is 7.99. The number of aryl methyl sites for hydroxylation is 2. The molecule has 0 saturated heterocycles. The Bertz CT molecular complexity index is 1140. The second-order valence-corrected chi connectivity index (χ2v) is 8.18. The molecule has 0 aliphatic heterocycles. The number of rotatable bonds is 6. The van der Waals surface area contributed by atoms with E-state index in [1.807, 2.05) is 41.8 Å². The molecule has 4 aromatic rings. The number of para-hydroxylation sites is 1. The minimum atomic E-state index is -0.154. The number of carbonyl (C=O) groups excluding carboxylic acids is 1. The summed E-state index contributed by atoms with van der Waals surface area (Å²) in [6.07, 6.45) is 0. The lowest BCUT2D eigenvalue weighted by molar-refractivity contribution is -0.113. The van der Waals surface area contributed by atoms with Gasteiger partial charge in [0.1, 0.15) is 0 Å².